The molecule has 4 unspecified atom stereocenters. The Balaban J connectivity index is 0.905. The lowest BCUT2D eigenvalue weighted by Gasteiger charge is -2.33. The lowest BCUT2D eigenvalue weighted by Crippen LogP contribution is -2.52. The predicted molar refractivity (Wildman–Crippen MR) is 231 cm³/mol. The highest BCUT2D eigenvalue weighted by atomic mass is 16.5. The first kappa shape index (κ1) is 32.4. The Bertz CT molecular complexity index is 3030. The van der Waals surface area contributed by atoms with Gasteiger partial charge >= 0.3 is 0 Å². The molecule has 4 aliphatic rings. The van der Waals surface area contributed by atoms with E-state index in [1.165, 1.54) is 38.5 Å². The zero-order chi connectivity index (χ0) is 37.5. The summed E-state index contributed by atoms with van der Waals surface area (Å²) in [5, 5.41) is 12.1. The average molecular weight is 739 g/mol. The van der Waals surface area contributed by atoms with Crippen LogP contribution in [-0.2, 0) is 0 Å². The van der Waals surface area contributed by atoms with Crippen molar-refractivity contribution in [2.75, 3.05) is 0 Å². The van der Waals surface area contributed by atoms with Gasteiger partial charge in [-0.2, -0.15) is 0 Å². The van der Waals surface area contributed by atoms with Crippen molar-refractivity contribution < 1.29 is 9.15 Å². The molecule has 2 aliphatic carbocycles. The molecule has 2 N–H and O–H groups in total. The van der Waals surface area contributed by atoms with Gasteiger partial charge in [-0.1, -0.05) is 121 Å². The number of nitrogens with one attached hydrogen (secondary N) is 2. The Morgan fingerprint density at radius 2 is 1.49 bits per heavy atom. The van der Waals surface area contributed by atoms with Crippen LogP contribution in [0.2, 0.25) is 0 Å². The molecular weight excluding hydrogens is 701 g/mol. The number of ether oxygens (including phenoxy) is 1. The fourth-order valence-electron chi connectivity index (χ4n) is 9.44. The van der Waals surface area contributed by atoms with Crippen molar-refractivity contribution in [3.8, 4) is 16.9 Å². The number of amidine groups is 1. The summed E-state index contributed by atoms with van der Waals surface area (Å²) < 4.78 is 15.9. The maximum absolute atomic E-state index is 6.92. The molecule has 57 heavy (non-hydrogen) atoms. The van der Waals surface area contributed by atoms with Crippen LogP contribution in [0.15, 0.2) is 185 Å². The minimum absolute atomic E-state index is 0.0584. The van der Waals surface area contributed by atoms with Crippen LogP contribution in [0, 0.1) is 0 Å². The van der Waals surface area contributed by atoms with Crippen molar-refractivity contribution in [3.05, 3.63) is 192 Å². The minimum Gasteiger partial charge on any atom is -0.483 e. The lowest BCUT2D eigenvalue weighted by molar-refractivity contribution is 0.272. The van der Waals surface area contributed by atoms with Gasteiger partial charge in [-0.15, -0.1) is 0 Å². The summed E-state index contributed by atoms with van der Waals surface area (Å²) in [5.74, 6) is 1.85. The van der Waals surface area contributed by atoms with Crippen molar-refractivity contribution >= 4 is 55.3 Å². The largest absolute Gasteiger partial charge is 0.483 e. The summed E-state index contributed by atoms with van der Waals surface area (Å²) in [6, 6.07) is 47.3. The number of allylic oxidation sites excluding steroid dienone is 4. The van der Waals surface area contributed by atoms with Gasteiger partial charge in [0.2, 0.25) is 0 Å². The fraction of sp³-hybridized carbons (Fsp3) is 0.118. The smallest absolute Gasteiger partial charge is 0.149 e. The van der Waals surface area contributed by atoms with Gasteiger partial charge in [0.1, 0.15) is 41.2 Å². The highest BCUT2D eigenvalue weighted by Crippen LogP contribution is 2.50. The van der Waals surface area contributed by atoms with Crippen LogP contribution in [0.5, 0.6) is 5.75 Å². The highest BCUT2D eigenvalue weighted by Gasteiger charge is 2.40. The summed E-state index contributed by atoms with van der Waals surface area (Å²) >= 11 is 0. The molecule has 8 aromatic rings. The molecule has 4 atom stereocenters. The van der Waals surface area contributed by atoms with Crippen molar-refractivity contribution in [1.82, 2.24) is 15.2 Å². The van der Waals surface area contributed by atoms with Gasteiger partial charge in [-0.25, -0.2) is 4.99 Å². The van der Waals surface area contributed by atoms with Crippen LogP contribution in [0.1, 0.15) is 41.6 Å². The van der Waals surface area contributed by atoms with Gasteiger partial charge in [-0.05, 0) is 83.6 Å². The number of hydrogen-bond acceptors (Lipinski definition) is 5. The molecule has 4 heterocycles. The summed E-state index contributed by atoms with van der Waals surface area (Å²) in [6.07, 6.45) is 15.2. The normalized spacial score (nSPS) is 21.2. The first-order chi connectivity index (χ1) is 28.2. The number of para-hydroxylation sites is 2. The number of benzene rings is 6. The molecule has 12 rings (SSSR count). The van der Waals surface area contributed by atoms with Gasteiger partial charge in [0.05, 0.1) is 16.7 Å². The van der Waals surface area contributed by atoms with E-state index in [2.05, 4.69) is 179 Å². The molecule has 0 radical (unpaired) electrons. The number of fused-ring (bicyclic) bond motifs is 9. The topological polar surface area (TPSA) is 63.7 Å². The van der Waals surface area contributed by atoms with Gasteiger partial charge in [0, 0.05) is 38.6 Å². The second-order valence-corrected chi connectivity index (χ2v) is 15.4. The quantitative estimate of drug-likeness (QED) is 0.185. The zero-order valence-electron chi connectivity index (χ0n) is 31.1. The van der Waals surface area contributed by atoms with Crippen molar-refractivity contribution in [1.29, 1.82) is 0 Å². The third-order valence-corrected chi connectivity index (χ3v) is 12.1. The van der Waals surface area contributed by atoms with Crippen LogP contribution in [-0.4, -0.2) is 22.7 Å². The standard InChI is InChI=1S/C51H38N4O2/c1-3-13-31(14-4-1)49-52-50(32-15-5-2-6-16-32)54-51(53-49)34-25-27-38-40-29-33(26-28-44(40)56-46(38)30-34)35-19-12-24-45-47(35)39-20-11-23-43(48(39)57-45)55-41-21-9-7-17-36(41)37-18-8-10-22-42(37)55/h1,3-5,7-30,39,48-50,52H,2,6H2,(H,53,54). The monoisotopic (exact) mass is 738 g/mol. The molecule has 0 amide bonds. The Labute approximate surface area is 329 Å². The minimum atomic E-state index is -0.179. The van der Waals surface area contributed by atoms with Crippen LogP contribution in [0.4, 0.5) is 0 Å². The van der Waals surface area contributed by atoms with E-state index in [0.717, 1.165) is 68.8 Å². The number of nitrogens with zero attached hydrogens (tertiary/aromatic N) is 2. The molecule has 2 aromatic heterocycles. The van der Waals surface area contributed by atoms with Crippen LogP contribution >= 0.6 is 0 Å². The maximum Gasteiger partial charge on any atom is 0.149 e. The van der Waals surface area contributed by atoms with Crippen molar-refractivity contribution in [3.63, 3.8) is 0 Å². The molecule has 274 valence electrons. The van der Waals surface area contributed by atoms with E-state index in [1.807, 2.05) is 6.07 Å². The van der Waals surface area contributed by atoms with E-state index in [0.29, 0.717) is 0 Å². The second-order valence-electron chi connectivity index (χ2n) is 15.4. The zero-order valence-corrected chi connectivity index (χ0v) is 31.1. The Kier molecular flexibility index (Phi) is 7.29. The van der Waals surface area contributed by atoms with Crippen LogP contribution in [0.25, 0.3) is 60.6 Å². The molecule has 0 fully saturated rings. The Morgan fingerprint density at radius 1 is 0.684 bits per heavy atom. The average Bonchev–Trinajstić information content (AvgIpc) is 3.96. The van der Waals surface area contributed by atoms with Gasteiger partial charge in [0.25, 0.3) is 0 Å². The second kappa shape index (κ2) is 12.8. The lowest BCUT2D eigenvalue weighted by atomic mass is 9.85. The molecule has 0 spiro atoms. The fourth-order valence-corrected chi connectivity index (χ4v) is 9.44. The molecule has 6 aromatic carbocycles. The molecule has 6 heteroatoms. The third-order valence-electron chi connectivity index (χ3n) is 12.1. The van der Waals surface area contributed by atoms with E-state index >= 15 is 0 Å². The first-order valence-corrected chi connectivity index (χ1v) is 19.9. The molecule has 0 saturated carbocycles. The number of hydrogen-bond donors (Lipinski definition) is 2. The highest BCUT2D eigenvalue weighted by molar-refractivity contribution is 6.11. The van der Waals surface area contributed by atoms with E-state index < -0.39 is 0 Å². The Hall–Kier alpha value is -6.89. The number of rotatable bonds is 5. The predicted octanol–water partition coefficient (Wildman–Crippen LogP) is 11.6. The van der Waals surface area contributed by atoms with E-state index in [9.17, 15) is 0 Å². The Morgan fingerprint density at radius 3 is 2.32 bits per heavy atom. The summed E-state index contributed by atoms with van der Waals surface area (Å²) in [6.45, 7) is 0. The molecular formula is C51H38N4O2. The molecule has 2 aliphatic heterocycles. The first-order valence-electron chi connectivity index (χ1n) is 19.9. The summed E-state index contributed by atoms with van der Waals surface area (Å²) in [5.41, 5.74) is 12.1. The summed E-state index contributed by atoms with van der Waals surface area (Å²) in [7, 11) is 0. The number of aromatic nitrogens is 1. The van der Waals surface area contributed by atoms with Crippen molar-refractivity contribution in [2.45, 2.75) is 37.2 Å². The van der Waals surface area contributed by atoms with Crippen LogP contribution in [0.3, 0.4) is 0 Å². The molecule has 0 saturated heterocycles. The third kappa shape index (κ3) is 5.18. The van der Waals surface area contributed by atoms with Crippen LogP contribution < -0.4 is 15.4 Å². The SMILES string of the molecule is C1=CC2c3c(cccc3-c3ccc4oc5cc(C6=NC(c7ccccc7)NC(C7=CCCC=C7)N6)ccc5c4c3)OC2C(n2c3ccccc3c3ccccc32)=C1. The van der Waals surface area contributed by atoms with E-state index in [4.69, 9.17) is 14.1 Å². The maximum atomic E-state index is 6.92. The van der Waals surface area contributed by atoms with Gasteiger partial charge < -0.3 is 19.0 Å². The number of furan rings is 1. The number of aliphatic imine (C=N–C) groups is 1. The van der Waals surface area contributed by atoms with Gasteiger partial charge in [-0.3, -0.25) is 5.32 Å². The van der Waals surface area contributed by atoms with Gasteiger partial charge in [0.15, 0.2) is 0 Å². The molecule has 0 bridgehead atoms. The summed E-state index contributed by atoms with van der Waals surface area (Å²) in [4.78, 5) is 5.18. The van der Waals surface area contributed by atoms with Crippen molar-refractivity contribution in [2.24, 2.45) is 4.99 Å². The van der Waals surface area contributed by atoms with E-state index in [1.54, 1.807) is 0 Å². The van der Waals surface area contributed by atoms with E-state index in [-0.39, 0.29) is 24.4 Å². The molecule has 6 nitrogen and oxygen atoms in total.